The molecule has 0 radical (unpaired) electrons. The zero-order chi connectivity index (χ0) is 24.9. The number of nitrogens with one attached hydrogen (secondary N) is 1. The van der Waals surface area contributed by atoms with Crippen LogP contribution in [0.2, 0.25) is 0 Å². The fraction of sp³-hybridized carbons (Fsp3) is 0.391. The van der Waals surface area contributed by atoms with Crippen molar-refractivity contribution in [2.45, 2.75) is 49.7 Å². The smallest absolute Gasteiger partial charge is 0.352 e. The number of ketones is 1. The van der Waals surface area contributed by atoms with Crippen LogP contribution in [0.4, 0.5) is 8.78 Å². The van der Waals surface area contributed by atoms with Crippen LogP contribution in [0.15, 0.2) is 18.3 Å². The van der Waals surface area contributed by atoms with E-state index in [1.165, 1.54) is 6.92 Å². The number of carboxylic acid groups (broad SMARTS) is 1. The van der Waals surface area contributed by atoms with Crippen molar-refractivity contribution in [2.24, 2.45) is 5.92 Å². The van der Waals surface area contributed by atoms with Crippen LogP contribution in [0.25, 0.3) is 11.2 Å². The summed E-state index contributed by atoms with van der Waals surface area (Å²) in [6.45, 7) is 1.46. The summed E-state index contributed by atoms with van der Waals surface area (Å²) in [6, 6.07) is 3.01. The molecule has 3 atom stereocenters. The van der Waals surface area contributed by atoms with Crippen LogP contribution in [-0.4, -0.2) is 58.8 Å². The molecule has 0 bridgehead atoms. The summed E-state index contributed by atoms with van der Waals surface area (Å²) in [7, 11) is 0. The van der Waals surface area contributed by atoms with E-state index in [0.29, 0.717) is 23.3 Å². The normalized spacial score (nSPS) is 24.7. The highest BCUT2D eigenvalue weighted by Gasteiger charge is 2.62. The molecule has 1 unspecified atom stereocenters. The number of terminal acetylenes is 1. The van der Waals surface area contributed by atoms with Gasteiger partial charge >= 0.3 is 5.97 Å². The monoisotopic (exact) mass is 480 g/mol. The highest BCUT2D eigenvalue weighted by Crippen LogP contribution is 2.62. The van der Waals surface area contributed by atoms with E-state index in [0.717, 1.165) is 0 Å². The lowest BCUT2D eigenvalue weighted by molar-refractivity contribution is -0.133. The number of hydrogen-bond donors (Lipinski definition) is 2. The zero-order valence-electron chi connectivity index (χ0n) is 18.3. The number of halogens is 2. The molecule has 6 rings (SSSR count). The van der Waals surface area contributed by atoms with E-state index in [-0.39, 0.29) is 34.8 Å². The molecular formula is C23H18F2N6O4. The van der Waals surface area contributed by atoms with Crippen molar-refractivity contribution in [3.63, 3.8) is 0 Å². The lowest BCUT2D eigenvalue weighted by Gasteiger charge is -2.43. The van der Waals surface area contributed by atoms with Crippen molar-refractivity contribution < 1.29 is 28.3 Å². The van der Waals surface area contributed by atoms with Crippen molar-refractivity contribution in [3.05, 3.63) is 40.8 Å². The van der Waals surface area contributed by atoms with E-state index in [1.807, 2.05) is 0 Å². The number of Topliss-reactive ketones (excluding diaryl/α,β-unsaturated/α-hetero) is 1. The summed E-state index contributed by atoms with van der Waals surface area (Å²) in [6.07, 6.45) is 5.80. The summed E-state index contributed by atoms with van der Waals surface area (Å²) in [4.78, 5) is 42.4. The Kier molecular flexibility index (Phi) is 4.10. The van der Waals surface area contributed by atoms with Crippen LogP contribution < -0.4 is 5.32 Å². The van der Waals surface area contributed by atoms with Gasteiger partial charge in [0.15, 0.2) is 5.65 Å². The topological polar surface area (TPSA) is 132 Å². The molecule has 1 aliphatic heterocycles. The molecule has 12 heteroatoms. The van der Waals surface area contributed by atoms with Crippen molar-refractivity contribution >= 4 is 28.8 Å². The fourth-order valence-corrected chi connectivity index (χ4v) is 5.77. The van der Waals surface area contributed by atoms with Gasteiger partial charge in [0.05, 0.1) is 17.6 Å². The number of hydrogen-bond acceptors (Lipinski definition) is 6. The first-order valence-corrected chi connectivity index (χ1v) is 10.9. The maximum absolute atomic E-state index is 13.4. The van der Waals surface area contributed by atoms with Crippen molar-refractivity contribution in [2.75, 3.05) is 0 Å². The van der Waals surface area contributed by atoms with Crippen LogP contribution in [-0.2, 0) is 11.2 Å². The largest absolute Gasteiger partial charge is 0.477 e. The molecule has 2 aliphatic carbocycles. The summed E-state index contributed by atoms with van der Waals surface area (Å²) in [5.41, 5.74) is 0.0375. The SMILES string of the molecule is C#CC1(NC(=O)C(=O)c2c(C)c(C(=O)O)n3c2C[C@H]2C(n4nnc5cccnc54)[C@@H]23)CC(F)(F)C1. The molecule has 3 aromatic rings. The Balaban J connectivity index is 1.34. The standard InChI is InChI=1S/C23H18F2N6O4/c1-3-22(8-23(24,25)9-22)27-20(33)18(32)14-10(2)15(21(34)35)30-13(14)7-11-16(30)17(11)31-19-12(28-29-31)5-4-6-26-19/h1,4-6,11,16-17H,7-9H2,2H3,(H,27,33)(H,34,35)/t11-,16-,17?/m1/s1. The van der Waals surface area contributed by atoms with Gasteiger partial charge in [-0.05, 0) is 31.0 Å². The predicted molar refractivity (Wildman–Crippen MR) is 115 cm³/mol. The second-order valence-electron chi connectivity index (χ2n) is 9.42. The van der Waals surface area contributed by atoms with Gasteiger partial charge in [0.25, 0.3) is 17.6 Å². The lowest BCUT2D eigenvalue weighted by atomic mass is 9.74. The number of pyridine rings is 1. The van der Waals surface area contributed by atoms with E-state index >= 15 is 0 Å². The first-order valence-electron chi connectivity index (χ1n) is 10.9. The number of aromatic nitrogens is 5. The van der Waals surface area contributed by atoms with Gasteiger partial charge in [-0.3, -0.25) is 9.59 Å². The molecule has 2 saturated carbocycles. The van der Waals surface area contributed by atoms with Gasteiger partial charge in [-0.2, -0.15) is 0 Å². The molecule has 0 aromatic carbocycles. The third kappa shape index (κ3) is 2.87. The lowest BCUT2D eigenvalue weighted by Crippen LogP contribution is -2.62. The Hall–Kier alpha value is -4.14. The quantitative estimate of drug-likeness (QED) is 0.323. The van der Waals surface area contributed by atoms with Gasteiger partial charge in [-0.1, -0.05) is 11.1 Å². The van der Waals surface area contributed by atoms with E-state index < -0.39 is 42.0 Å². The van der Waals surface area contributed by atoms with Crippen LogP contribution >= 0.6 is 0 Å². The average Bonchev–Trinajstić information content (AvgIpc) is 3.08. The molecule has 0 saturated heterocycles. The first-order chi connectivity index (χ1) is 16.6. The van der Waals surface area contributed by atoms with Crippen LogP contribution in [0.5, 0.6) is 0 Å². The van der Waals surface area contributed by atoms with Crippen LogP contribution in [0, 0.1) is 25.2 Å². The highest BCUT2D eigenvalue weighted by molar-refractivity contribution is 6.44. The molecule has 2 N–H and O–H groups in total. The third-order valence-electron chi connectivity index (χ3n) is 7.26. The van der Waals surface area contributed by atoms with E-state index in [4.69, 9.17) is 6.42 Å². The minimum absolute atomic E-state index is 0.0225. The minimum Gasteiger partial charge on any atom is -0.477 e. The summed E-state index contributed by atoms with van der Waals surface area (Å²) >= 11 is 0. The second kappa shape index (κ2) is 6.71. The van der Waals surface area contributed by atoms with Gasteiger partial charge in [-0.25, -0.2) is 23.2 Å². The molecule has 35 heavy (non-hydrogen) atoms. The average molecular weight is 480 g/mol. The molecule has 4 heterocycles. The van der Waals surface area contributed by atoms with E-state index in [9.17, 15) is 28.3 Å². The number of nitrogens with zero attached hydrogens (tertiary/aromatic N) is 5. The maximum atomic E-state index is 13.4. The Morgan fingerprint density at radius 3 is 2.69 bits per heavy atom. The number of fused-ring (bicyclic) bond motifs is 4. The number of carbonyl (C=O) groups is 3. The van der Waals surface area contributed by atoms with E-state index in [1.54, 1.807) is 27.6 Å². The van der Waals surface area contributed by atoms with Gasteiger partial charge < -0.3 is 15.0 Å². The molecule has 2 fully saturated rings. The number of amides is 1. The second-order valence-corrected chi connectivity index (χ2v) is 9.42. The molecule has 10 nitrogen and oxygen atoms in total. The molecule has 178 valence electrons. The van der Waals surface area contributed by atoms with Gasteiger partial charge in [0.2, 0.25) is 0 Å². The van der Waals surface area contributed by atoms with Gasteiger partial charge in [0, 0.05) is 30.7 Å². The number of carboxylic acids is 1. The number of alkyl halides is 2. The van der Waals surface area contributed by atoms with Crippen LogP contribution in [0.3, 0.4) is 0 Å². The number of aromatic carboxylic acids is 1. The van der Waals surface area contributed by atoms with E-state index in [2.05, 4.69) is 26.5 Å². The summed E-state index contributed by atoms with van der Waals surface area (Å²) in [5, 5.41) is 20.5. The molecule has 1 amide bonds. The Morgan fingerprint density at radius 1 is 1.29 bits per heavy atom. The van der Waals surface area contributed by atoms with Crippen molar-refractivity contribution in [1.82, 2.24) is 29.9 Å². The molecular weight excluding hydrogens is 462 g/mol. The van der Waals surface area contributed by atoms with Crippen LogP contribution in [0.1, 0.15) is 57.0 Å². The minimum atomic E-state index is -3.01. The van der Waals surface area contributed by atoms with Gasteiger partial charge in [-0.15, -0.1) is 11.5 Å². The number of rotatable bonds is 5. The van der Waals surface area contributed by atoms with Gasteiger partial charge in [0.1, 0.15) is 16.7 Å². The zero-order valence-corrected chi connectivity index (χ0v) is 18.3. The Morgan fingerprint density at radius 2 is 2.03 bits per heavy atom. The molecule has 0 spiro atoms. The Bertz CT molecular complexity index is 1510. The maximum Gasteiger partial charge on any atom is 0.352 e. The highest BCUT2D eigenvalue weighted by atomic mass is 19.3. The third-order valence-corrected chi connectivity index (χ3v) is 7.26. The van der Waals surface area contributed by atoms with Crippen molar-refractivity contribution in [3.8, 4) is 12.3 Å². The first kappa shape index (κ1) is 21.4. The molecule has 3 aromatic heterocycles. The number of carbonyl (C=O) groups excluding carboxylic acids is 2. The molecule has 3 aliphatic rings. The Labute approximate surface area is 196 Å². The fourth-order valence-electron chi connectivity index (χ4n) is 5.77. The summed E-state index contributed by atoms with van der Waals surface area (Å²) < 4.78 is 30.1. The van der Waals surface area contributed by atoms with Crippen molar-refractivity contribution in [1.29, 1.82) is 0 Å². The predicted octanol–water partition coefficient (Wildman–Crippen LogP) is 1.70. The summed E-state index contributed by atoms with van der Waals surface area (Å²) in [5.74, 6) is -4.27.